The van der Waals surface area contributed by atoms with Crippen LogP contribution in [0.2, 0.25) is 30.7 Å². The first-order valence-corrected chi connectivity index (χ1v) is 20.3. The Labute approximate surface area is 290 Å². The molecule has 49 heavy (non-hydrogen) atoms. The molecule has 4 heterocycles. The van der Waals surface area contributed by atoms with Crippen LogP contribution in [0.4, 0.5) is 21.1 Å². The van der Waals surface area contributed by atoms with Gasteiger partial charge in [-0.3, -0.25) is 10.1 Å². The number of nitrogens with one attached hydrogen (secondary N) is 3. The van der Waals surface area contributed by atoms with E-state index in [1.165, 1.54) is 10.7 Å². The highest BCUT2D eigenvalue weighted by Crippen LogP contribution is 2.37. The standard InChI is InChI=1S/C32H44ClN9O6Si/c1-32(2,3)48-31(46)37-27-24(28-34-10-7-12-42(28)39-27)29(43)35-11-8-20-16-23(33)22-18-41(19-47-14-15-49(4,5)6)38-25(22)26(20)40-13-9-21(17-40)36-30(44)45/h7,10,12,16,18,21,36H,8-9,11,13-15,17,19H2,1-6H3,(H,35,43)(H,44,45)(H,37,39,46)/t21-/m1/s1. The van der Waals surface area contributed by atoms with Crippen LogP contribution < -0.4 is 20.9 Å². The van der Waals surface area contributed by atoms with Crippen LogP contribution in [0.15, 0.2) is 30.7 Å². The fourth-order valence-corrected chi connectivity index (χ4v) is 6.63. The molecule has 5 rings (SSSR count). The predicted octanol–water partition coefficient (Wildman–Crippen LogP) is 5.21. The summed E-state index contributed by atoms with van der Waals surface area (Å²) in [5.41, 5.74) is 1.95. The van der Waals surface area contributed by atoms with Gasteiger partial charge in [0.2, 0.25) is 0 Å². The molecule has 1 aliphatic heterocycles. The summed E-state index contributed by atoms with van der Waals surface area (Å²) in [6.07, 6.45) is 4.21. The van der Waals surface area contributed by atoms with Crippen molar-refractivity contribution < 1.29 is 29.0 Å². The maximum Gasteiger partial charge on any atom is 0.413 e. The lowest BCUT2D eigenvalue weighted by atomic mass is 10.1. The van der Waals surface area contributed by atoms with Gasteiger partial charge < -0.3 is 30.1 Å². The number of halogens is 1. The molecule has 0 aliphatic carbocycles. The van der Waals surface area contributed by atoms with Crippen LogP contribution >= 0.6 is 11.6 Å². The van der Waals surface area contributed by atoms with Gasteiger partial charge in [0.1, 0.15) is 23.4 Å². The lowest BCUT2D eigenvalue weighted by Crippen LogP contribution is -2.36. The molecule has 3 amide bonds. The fourth-order valence-electron chi connectivity index (χ4n) is 5.61. The molecule has 0 spiro atoms. The topological polar surface area (TPSA) is 177 Å². The van der Waals surface area contributed by atoms with Crippen molar-refractivity contribution in [3.05, 3.63) is 46.9 Å². The highest BCUT2D eigenvalue weighted by Gasteiger charge is 2.29. The minimum Gasteiger partial charge on any atom is -0.465 e. The Morgan fingerprint density at radius 3 is 2.67 bits per heavy atom. The summed E-state index contributed by atoms with van der Waals surface area (Å²) in [7, 11) is -1.25. The molecule has 1 aliphatic rings. The third-order valence-electron chi connectivity index (χ3n) is 7.82. The first-order chi connectivity index (χ1) is 23.1. The molecule has 264 valence electrons. The zero-order valence-electron chi connectivity index (χ0n) is 28.7. The van der Waals surface area contributed by atoms with E-state index in [-0.39, 0.29) is 36.3 Å². The number of benzene rings is 1. The van der Waals surface area contributed by atoms with E-state index in [1.807, 2.05) is 12.3 Å². The van der Waals surface area contributed by atoms with Crippen molar-refractivity contribution in [2.75, 3.05) is 36.5 Å². The minimum atomic E-state index is -1.25. The maximum absolute atomic E-state index is 13.6. The van der Waals surface area contributed by atoms with E-state index in [1.54, 1.807) is 37.7 Å². The van der Waals surface area contributed by atoms with Crippen molar-refractivity contribution in [1.82, 2.24) is 35.0 Å². The maximum atomic E-state index is 13.6. The largest absolute Gasteiger partial charge is 0.465 e. The summed E-state index contributed by atoms with van der Waals surface area (Å²) < 4.78 is 14.5. The number of carbonyl (C=O) groups excluding carboxylic acids is 2. The summed E-state index contributed by atoms with van der Waals surface area (Å²) in [5, 5.41) is 27.9. The molecule has 15 nitrogen and oxygen atoms in total. The number of aromatic nitrogens is 5. The van der Waals surface area contributed by atoms with Crippen molar-refractivity contribution in [2.24, 2.45) is 0 Å². The van der Waals surface area contributed by atoms with Gasteiger partial charge in [0, 0.05) is 58.3 Å². The van der Waals surface area contributed by atoms with Crippen molar-refractivity contribution in [3.8, 4) is 0 Å². The molecule has 17 heteroatoms. The second kappa shape index (κ2) is 14.6. The molecular weight excluding hydrogens is 670 g/mol. The second-order valence-corrected chi connectivity index (χ2v) is 20.3. The average molecular weight is 714 g/mol. The van der Waals surface area contributed by atoms with E-state index in [4.69, 9.17) is 26.2 Å². The number of ether oxygens (including phenoxy) is 2. The molecule has 0 unspecified atom stereocenters. The first kappa shape index (κ1) is 35.9. The smallest absolute Gasteiger partial charge is 0.413 e. The number of hydrogen-bond donors (Lipinski definition) is 4. The molecule has 1 atom stereocenters. The van der Waals surface area contributed by atoms with Crippen LogP contribution in [0.25, 0.3) is 16.6 Å². The van der Waals surface area contributed by atoms with Crippen molar-refractivity contribution in [1.29, 1.82) is 0 Å². The lowest BCUT2D eigenvalue weighted by molar-refractivity contribution is 0.0635. The molecular formula is C32H44ClN9O6Si. The van der Waals surface area contributed by atoms with Crippen molar-refractivity contribution in [2.45, 2.75) is 77.7 Å². The van der Waals surface area contributed by atoms with Crippen LogP contribution in [-0.2, 0) is 22.6 Å². The van der Waals surface area contributed by atoms with E-state index in [0.29, 0.717) is 43.1 Å². The van der Waals surface area contributed by atoms with Crippen LogP contribution in [0.3, 0.4) is 0 Å². The summed E-state index contributed by atoms with van der Waals surface area (Å²) in [6.45, 7) is 14.3. The van der Waals surface area contributed by atoms with Gasteiger partial charge in [-0.05, 0) is 57.4 Å². The zero-order valence-corrected chi connectivity index (χ0v) is 30.4. The highest BCUT2D eigenvalue weighted by molar-refractivity contribution is 6.76. The number of rotatable bonds is 12. The SMILES string of the molecule is CC(C)(C)OC(=O)Nc1nn2cccnc2c1C(=O)NCCc1cc(Cl)c2cn(COCC[Si](C)(C)C)nc2c1N1CC[C@@H](NC(=O)O)C1. The number of nitrogens with zero attached hydrogens (tertiary/aromatic N) is 6. The normalized spacial score (nSPS) is 15.2. The lowest BCUT2D eigenvalue weighted by Gasteiger charge is -2.23. The van der Waals surface area contributed by atoms with E-state index in [0.717, 1.165) is 22.7 Å². The van der Waals surface area contributed by atoms with Crippen LogP contribution in [0.1, 0.15) is 43.1 Å². The molecule has 0 radical (unpaired) electrons. The number of hydrogen-bond acceptors (Lipinski definition) is 9. The molecule has 4 N–H and O–H groups in total. The third-order valence-corrected chi connectivity index (χ3v) is 9.84. The number of anilines is 2. The number of carbonyl (C=O) groups is 3. The van der Waals surface area contributed by atoms with Gasteiger partial charge in [-0.25, -0.2) is 23.8 Å². The summed E-state index contributed by atoms with van der Waals surface area (Å²) in [6, 6.07) is 4.32. The molecule has 3 aromatic heterocycles. The van der Waals surface area contributed by atoms with E-state index in [9.17, 15) is 19.5 Å². The van der Waals surface area contributed by atoms with Crippen molar-refractivity contribution >= 4 is 65.8 Å². The predicted molar refractivity (Wildman–Crippen MR) is 190 cm³/mol. The van der Waals surface area contributed by atoms with Gasteiger partial charge in [-0.15, -0.1) is 5.10 Å². The van der Waals surface area contributed by atoms with Gasteiger partial charge in [-0.1, -0.05) is 31.2 Å². The molecule has 0 bridgehead atoms. The van der Waals surface area contributed by atoms with Gasteiger partial charge in [0.15, 0.2) is 11.5 Å². The number of carboxylic acid groups (broad SMARTS) is 1. The quantitative estimate of drug-likeness (QED) is 0.113. The van der Waals surface area contributed by atoms with Gasteiger partial charge >= 0.3 is 12.2 Å². The van der Waals surface area contributed by atoms with Gasteiger partial charge in [0.05, 0.1) is 16.8 Å². The van der Waals surface area contributed by atoms with Gasteiger partial charge in [-0.2, -0.15) is 5.10 Å². The van der Waals surface area contributed by atoms with E-state index >= 15 is 0 Å². The minimum absolute atomic E-state index is 0.0160. The summed E-state index contributed by atoms with van der Waals surface area (Å²) >= 11 is 6.82. The second-order valence-electron chi connectivity index (χ2n) is 14.3. The third kappa shape index (κ3) is 9.19. The highest BCUT2D eigenvalue weighted by atomic mass is 35.5. The van der Waals surface area contributed by atoms with Crippen LogP contribution in [0.5, 0.6) is 0 Å². The molecule has 0 saturated carbocycles. The van der Waals surface area contributed by atoms with Crippen LogP contribution in [0, 0.1) is 0 Å². The Hall–Kier alpha value is -4.41. The first-order valence-electron chi connectivity index (χ1n) is 16.2. The summed E-state index contributed by atoms with van der Waals surface area (Å²) in [5.74, 6) is -0.470. The Kier molecular flexibility index (Phi) is 10.7. The molecule has 4 aromatic rings. The Morgan fingerprint density at radius 2 is 1.96 bits per heavy atom. The Morgan fingerprint density at radius 1 is 1.18 bits per heavy atom. The monoisotopic (exact) mass is 713 g/mol. The average Bonchev–Trinajstić information content (AvgIpc) is 3.71. The number of amides is 3. The summed E-state index contributed by atoms with van der Waals surface area (Å²) in [4.78, 5) is 44.0. The molecule has 1 aromatic carbocycles. The Bertz CT molecular complexity index is 1850. The molecule has 1 saturated heterocycles. The Balaban J connectivity index is 1.38. The van der Waals surface area contributed by atoms with Crippen molar-refractivity contribution in [3.63, 3.8) is 0 Å². The van der Waals surface area contributed by atoms with Gasteiger partial charge in [0.25, 0.3) is 5.91 Å². The van der Waals surface area contributed by atoms with E-state index < -0.39 is 31.8 Å². The number of fused-ring (bicyclic) bond motifs is 2. The van der Waals surface area contributed by atoms with E-state index in [2.05, 4.69) is 50.6 Å². The zero-order chi connectivity index (χ0) is 35.5. The fraction of sp³-hybridized carbons (Fsp3) is 0.500. The molecule has 1 fully saturated rings. The van der Waals surface area contributed by atoms with Crippen LogP contribution in [-0.4, -0.2) is 93.5 Å².